The summed E-state index contributed by atoms with van der Waals surface area (Å²) < 4.78 is 0. The Morgan fingerprint density at radius 3 is 1.43 bits per heavy atom. The molecule has 0 aliphatic carbocycles. The molecule has 54 heavy (non-hydrogen) atoms. The summed E-state index contributed by atoms with van der Waals surface area (Å²) in [5.41, 5.74) is 14.8. The van der Waals surface area contributed by atoms with E-state index >= 15 is 0 Å². The molecule has 0 N–H and O–H groups in total. The SMILES string of the molecule is C1=CN2B(C=C1c1cc(-c3ccccc3)cc(-c3ccccc3)c1)c1ccccc1-c1cc(-c3nc(-c4ccccc4)nc(-c4ccccc4)n3)ccc12. The van der Waals surface area contributed by atoms with Crippen molar-refractivity contribution in [2.45, 2.75) is 0 Å². The van der Waals surface area contributed by atoms with Crippen molar-refractivity contribution in [2.24, 2.45) is 0 Å². The molecule has 0 saturated carbocycles. The Balaban J connectivity index is 1.07. The lowest BCUT2D eigenvalue weighted by molar-refractivity contribution is 1.07. The van der Waals surface area contributed by atoms with E-state index in [-0.39, 0.29) is 6.85 Å². The van der Waals surface area contributed by atoms with E-state index in [1.807, 2.05) is 60.7 Å². The van der Waals surface area contributed by atoms with Gasteiger partial charge in [-0.05, 0) is 93.1 Å². The molecule has 0 fully saturated rings. The van der Waals surface area contributed by atoms with Crippen molar-refractivity contribution >= 4 is 23.6 Å². The second-order valence-corrected chi connectivity index (χ2v) is 13.7. The largest absolute Gasteiger partial charge is 0.383 e. The summed E-state index contributed by atoms with van der Waals surface area (Å²) >= 11 is 0. The topological polar surface area (TPSA) is 41.9 Å². The molecule has 0 saturated heterocycles. The van der Waals surface area contributed by atoms with Crippen LogP contribution in [0.3, 0.4) is 0 Å². The first-order valence-corrected chi connectivity index (χ1v) is 18.3. The molecule has 0 amide bonds. The van der Waals surface area contributed by atoms with Crippen LogP contribution in [0.1, 0.15) is 5.56 Å². The highest BCUT2D eigenvalue weighted by Gasteiger charge is 2.34. The molecule has 2 aliphatic rings. The number of benzene rings is 7. The highest BCUT2D eigenvalue weighted by atomic mass is 15.1. The maximum atomic E-state index is 5.03. The first-order chi connectivity index (χ1) is 26.7. The van der Waals surface area contributed by atoms with Gasteiger partial charge >= 0.3 is 6.85 Å². The first-order valence-electron chi connectivity index (χ1n) is 18.3. The molecular formula is C49H33BN4. The van der Waals surface area contributed by atoms with Crippen LogP contribution in [0.2, 0.25) is 0 Å². The summed E-state index contributed by atoms with van der Waals surface area (Å²) in [5.74, 6) is 4.37. The van der Waals surface area contributed by atoms with Crippen molar-refractivity contribution in [3.63, 3.8) is 0 Å². The van der Waals surface area contributed by atoms with Crippen LogP contribution in [-0.2, 0) is 0 Å². The molecule has 0 radical (unpaired) electrons. The molecule has 8 aromatic rings. The van der Waals surface area contributed by atoms with Gasteiger partial charge in [0.15, 0.2) is 17.5 Å². The number of hydrogen-bond acceptors (Lipinski definition) is 4. The molecule has 5 heteroatoms. The van der Waals surface area contributed by atoms with Gasteiger partial charge < -0.3 is 4.81 Å². The number of nitrogens with zero attached hydrogens (tertiary/aromatic N) is 4. The van der Waals surface area contributed by atoms with E-state index < -0.39 is 0 Å². The maximum Gasteiger partial charge on any atom is 0.321 e. The van der Waals surface area contributed by atoms with Crippen molar-refractivity contribution in [3.8, 4) is 67.5 Å². The molecule has 0 bridgehead atoms. The predicted molar refractivity (Wildman–Crippen MR) is 224 cm³/mol. The van der Waals surface area contributed by atoms with Crippen LogP contribution >= 0.6 is 0 Å². The Kier molecular flexibility index (Phi) is 7.88. The lowest BCUT2D eigenvalue weighted by Gasteiger charge is -2.37. The first kappa shape index (κ1) is 31.6. The van der Waals surface area contributed by atoms with Crippen LogP contribution in [-0.4, -0.2) is 21.8 Å². The molecule has 2 aliphatic heterocycles. The zero-order valence-corrected chi connectivity index (χ0v) is 29.4. The van der Waals surface area contributed by atoms with Crippen LogP contribution in [0.15, 0.2) is 200 Å². The zero-order valence-electron chi connectivity index (χ0n) is 29.4. The molecule has 1 aromatic heterocycles. The smallest absolute Gasteiger partial charge is 0.321 e. The summed E-state index contributed by atoms with van der Waals surface area (Å²) in [6.45, 7) is 0.0339. The minimum Gasteiger partial charge on any atom is -0.383 e. The van der Waals surface area contributed by atoms with E-state index in [1.165, 1.54) is 44.4 Å². The number of aromatic nitrogens is 3. The fraction of sp³-hybridized carbons (Fsp3) is 0. The second kappa shape index (κ2) is 13.5. The molecule has 0 unspecified atom stereocenters. The molecule has 252 valence electrons. The van der Waals surface area contributed by atoms with Crippen molar-refractivity contribution in [3.05, 3.63) is 206 Å². The van der Waals surface area contributed by atoms with Gasteiger partial charge in [-0.1, -0.05) is 152 Å². The third-order valence-corrected chi connectivity index (χ3v) is 10.3. The third kappa shape index (κ3) is 5.82. The van der Waals surface area contributed by atoms with Gasteiger partial charge in [0.1, 0.15) is 0 Å². The number of hydrogen-bond donors (Lipinski definition) is 0. The van der Waals surface area contributed by atoms with Crippen LogP contribution in [0, 0.1) is 0 Å². The van der Waals surface area contributed by atoms with E-state index in [2.05, 4.69) is 144 Å². The molecule has 10 rings (SSSR count). The van der Waals surface area contributed by atoms with Crippen LogP contribution in [0.5, 0.6) is 0 Å². The third-order valence-electron chi connectivity index (χ3n) is 10.3. The van der Waals surface area contributed by atoms with E-state index in [4.69, 9.17) is 15.0 Å². The lowest BCUT2D eigenvalue weighted by Crippen LogP contribution is -2.49. The molecule has 3 heterocycles. The van der Waals surface area contributed by atoms with Crippen molar-refractivity contribution in [1.82, 2.24) is 15.0 Å². The molecule has 0 spiro atoms. The fourth-order valence-electron chi connectivity index (χ4n) is 7.66. The Morgan fingerprint density at radius 2 is 0.852 bits per heavy atom. The van der Waals surface area contributed by atoms with Gasteiger partial charge in [0, 0.05) is 27.9 Å². The highest BCUT2D eigenvalue weighted by Crippen LogP contribution is 2.41. The average molecular weight is 689 g/mol. The van der Waals surface area contributed by atoms with Gasteiger partial charge in [-0.15, -0.1) is 0 Å². The van der Waals surface area contributed by atoms with Gasteiger partial charge in [-0.2, -0.15) is 0 Å². The number of fused-ring (bicyclic) bond motifs is 6. The molecule has 7 aromatic carbocycles. The Bertz CT molecular complexity index is 2590. The van der Waals surface area contributed by atoms with Crippen molar-refractivity contribution in [2.75, 3.05) is 4.81 Å². The van der Waals surface area contributed by atoms with Gasteiger partial charge in [-0.3, -0.25) is 0 Å². The van der Waals surface area contributed by atoms with Gasteiger partial charge in [-0.25, -0.2) is 15.0 Å². The number of rotatable bonds is 6. The van der Waals surface area contributed by atoms with E-state index in [9.17, 15) is 0 Å². The number of allylic oxidation sites excluding steroid dienone is 2. The Hall–Kier alpha value is -7.11. The van der Waals surface area contributed by atoms with E-state index in [0.29, 0.717) is 17.5 Å². The van der Waals surface area contributed by atoms with Gasteiger partial charge in [0.2, 0.25) is 0 Å². The minimum atomic E-state index is 0.0339. The molecule has 4 nitrogen and oxygen atoms in total. The van der Waals surface area contributed by atoms with E-state index in [0.717, 1.165) is 27.9 Å². The van der Waals surface area contributed by atoms with Crippen molar-refractivity contribution in [1.29, 1.82) is 0 Å². The van der Waals surface area contributed by atoms with E-state index in [1.54, 1.807) is 0 Å². The van der Waals surface area contributed by atoms with Gasteiger partial charge in [0.05, 0.1) is 0 Å². The summed E-state index contributed by atoms with van der Waals surface area (Å²) in [6, 6.07) is 63.9. The average Bonchev–Trinajstić information content (AvgIpc) is 3.27. The summed E-state index contributed by atoms with van der Waals surface area (Å²) in [4.78, 5) is 17.4. The van der Waals surface area contributed by atoms with Crippen LogP contribution in [0.4, 0.5) is 5.69 Å². The van der Waals surface area contributed by atoms with Crippen molar-refractivity contribution < 1.29 is 0 Å². The fourth-order valence-corrected chi connectivity index (χ4v) is 7.66. The second-order valence-electron chi connectivity index (χ2n) is 13.7. The summed E-state index contributed by atoms with van der Waals surface area (Å²) in [5, 5.41) is 0. The normalized spacial score (nSPS) is 12.8. The number of anilines is 1. The standard InChI is InChI=1S/C49H33BN4/c1-5-15-34(16-6-1)40-29-41(35-17-7-2-8-18-35)31-42(30-40)39-27-28-54-46-26-25-38(32-44(46)43-23-13-14-24-45(43)50(54)33-39)49-52-47(36-19-9-3-10-20-36)51-48(53-49)37-21-11-4-12-22-37/h1-33H. The molecular weight excluding hydrogens is 655 g/mol. The minimum absolute atomic E-state index is 0.0339. The predicted octanol–water partition coefficient (Wildman–Crippen LogP) is 11.0. The summed E-state index contributed by atoms with van der Waals surface area (Å²) in [7, 11) is 0. The highest BCUT2D eigenvalue weighted by molar-refractivity contribution is 6.84. The summed E-state index contributed by atoms with van der Waals surface area (Å²) in [6.07, 6.45) is 4.50. The maximum absolute atomic E-state index is 5.03. The van der Waals surface area contributed by atoms with Crippen LogP contribution in [0.25, 0.3) is 73.1 Å². The Labute approximate surface area is 315 Å². The van der Waals surface area contributed by atoms with Gasteiger partial charge in [0.25, 0.3) is 0 Å². The Morgan fingerprint density at radius 1 is 0.370 bits per heavy atom. The zero-order chi connectivity index (χ0) is 35.8. The molecule has 0 atom stereocenters. The lowest BCUT2D eigenvalue weighted by atomic mass is 9.48. The monoisotopic (exact) mass is 688 g/mol. The quantitative estimate of drug-likeness (QED) is 0.163. The van der Waals surface area contributed by atoms with Crippen LogP contribution < -0.4 is 10.3 Å².